The van der Waals surface area contributed by atoms with E-state index in [9.17, 15) is 5.11 Å². The number of aliphatic hydroxyl groups is 1. The molecule has 1 heterocycles. The van der Waals surface area contributed by atoms with Crippen LogP contribution in [0.1, 0.15) is 12.5 Å². The minimum Gasteiger partial charge on any atom is -0.394 e. The van der Waals surface area contributed by atoms with Crippen LogP contribution in [0.15, 0.2) is 47.2 Å². The summed E-state index contributed by atoms with van der Waals surface area (Å²) >= 11 is 3.39. The van der Waals surface area contributed by atoms with Gasteiger partial charge in [-0.05, 0) is 28.0 Å². The maximum absolute atomic E-state index is 9.91. The average molecular weight is 324 g/mol. The van der Waals surface area contributed by atoms with Gasteiger partial charge in [-0.1, -0.05) is 37.3 Å². The van der Waals surface area contributed by atoms with Gasteiger partial charge in [0.15, 0.2) is 0 Å². The van der Waals surface area contributed by atoms with E-state index >= 15 is 0 Å². The molecular weight excluding hydrogens is 306 g/mol. The van der Waals surface area contributed by atoms with Gasteiger partial charge < -0.3 is 10.4 Å². The topological polar surface area (TPSA) is 50.1 Å². The fraction of sp³-hybridized carbons (Fsp3) is 0.357. The molecule has 2 aromatic rings. The molecule has 1 aromatic heterocycles. The van der Waals surface area contributed by atoms with E-state index in [0.29, 0.717) is 6.54 Å². The van der Waals surface area contributed by atoms with Crippen molar-refractivity contribution in [2.45, 2.75) is 19.0 Å². The van der Waals surface area contributed by atoms with Crippen LogP contribution in [0, 0.1) is 0 Å². The third-order valence-corrected chi connectivity index (χ3v) is 3.55. The van der Waals surface area contributed by atoms with Crippen molar-refractivity contribution < 1.29 is 5.11 Å². The molecule has 0 bridgehead atoms. The summed E-state index contributed by atoms with van der Waals surface area (Å²) in [5, 5.41) is 17.6. The van der Waals surface area contributed by atoms with Crippen LogP contribution in [0.5, 0.6) is 0 Å². The van der Waals surface area contributed by atoms with Gasteiger partial charge in [0.2, 0.25) is 0 Å². The molecule has 1 aromatic carbocycles. The second kappa shape index (κ2) is 6.32. The second-order valence-corrected chi connectivity index (χ2v) is 5.41. The Morgan fingerprint density at radius 1 is 1.37 bits per heavy atom. The first-order valence-corrected chi connectivity index (χ1v) is 7.09. The number of nitrogens with one attached hydrogen (secondary N) is 1. The number of benzene rings is 1. The van der Waals surface area contributed by atoms with Crippen molar-refractivity contribution in [1.82, 2.24) is 15.1 Å². The van der Waals surface area contributed by atoms with E-state index < -0.39 is 5.54 Å². The quantitative estimate of drug-likeness (QED) is 0.856. The van der Waals surface area contributed by atoms with Crippen LogP contribution in [0.4, 0.5) is 0 Å². The highest BCUT2D eigenvalue weighted by Crippen LogP contribution is 2.23. The standard InChI is InChI=1S/C14H18BrN3O/c1-2-16-14(11-19,12-6-4-3-5-7-12)10-18-9-13(15)8-17-18/h3-9,16,19H,2,10-11H2,1H3. The number of hydrogen-bond acceptors (Lipinski definition) is 3. The first-order valence-electron chi connectivity index (χ1n) is 6.29. The Morgan fingerprint density at radius 2 is 2.11 bits per heavy atom. The lowest BCUT2D eigenvalue weighted by Crippen LogP contribution is -2.49. The molecule has 0 aliphatic heterocycles. The Hall–Kier alpha value is -1.17. The number of halogens is 1. The SMILES string of the molecule is CCNC(CO)(Cn1cc(Br)cn1)c1ccccc1. The molecule has 1 atom stereocenters. The Labute approximate surface area is 121 Å². The van der Waals surface area contributed by atoms with E-state index in [1.807, 2.05) is 48.1 Å². The molecule has 19 heavy (non-hydrogen) atoms. The molecule has 0 aliphatic rings. The van der Waals surface area contributed by atoms with Crippen LogP contribution in [0.3, 0.4) is 0 Å². The number of rotatable bonds is 6. The largest absolute Gasteiger partial charge is 0.394 e. The monoisotopic (exact) mass is 323 g/mol. The summed E-state index contributed by atoms with van der Waals surface area (Å²) in [4.78, 5) is 0. The number of hydrogen-bond donors (Lipinski definition) is 2. The van der Waals surface area contributed by atoms with Crippen molar-refractivity contribution in [2.75, 3.05) is 13.2 Å². The number of likely N-dealkylation sites (N-methyl/N-ethyl adjacent to an activating group) is 1. The van der Waals surface area contributed by atoms with E-state index in [0.717, 1.165) is 16.6 Å². The van der Waals surface area contributed by atoms with Gasteiger partial charge in [0, 0.05) is 6.20 Å². The molecule has 0 radical (unpaired) electrons. The lowest BCUT2D eigenvalue weighted by molar-refractivity contribution is 0.139. The summed E-state index contributed by atoms with van der Waals surface area (Å²) < 4.78 is 2.76. The van der Waals surface area contributed by atoms with Crippen molar-refractivity contribution in [3.8, 4) is 0 Å². The van der Waals surface area contributed by atoms with Crippen molar-refractivity contribution in [3.63, 3.8) is 0 Å². The maximum Gasteiger partial charge on any atom is 0.0867 e. The average Bonchev–Trinajstić information content (AvgIpc) is 2.84. The smallest absolute Gasteiger partial charge is 0.0867 e. The van der Waals surface area contributed by atoms with E-state index in [2.05, 4.69) is 26.3 Å². The molecule has 1 unspecified atom stereocenters. The first kappa shape index (κ1) is 14.2. The zero-order chi connectivity index (χ0) is 13.7. The molecule has 0 saturated carbocycles. The third kappa shape index (κ3) is 3.23. The Balaban J connectivity index is 2.34. The van der Waals surface area contributed by atoms with Gasteiger partial charge >= 0.3 is 0 Å². The first-order chi connectivity index (χ1) is 9.20. The van der Waals surface area contributed by atoms with E-state index in [1.165, 1.54) is 0 Å². The van der Waals surface area contributed by atoms with Gasteiger partial charge in [0.05, 0.1) is 29.4 Å². The molecule has 2 rings (SSSR count). The van der Waals surface area contributed by atoms with E-state index in [-0.39, 0.29) is 6.61 Å². The summed E-state index contributed by atoms with van der Waals surface area (Å²) in [6.07, 6.45) is 3.66. The van der Waals surface area contributed by atoms with Crippen LogP contribution in [0.25, 0.3) is 0 Å². The summed E-state index contributed by atoms with van der Waals surface area (Å²) in [5.74, 6) is 0. The molecule has 102 valence electrons. The van der Waals surface area contributed by atoms with Gasteiger partial charge in [-0.3, -0.25) is 4.68 Å². The fourth-order valence-corrected chi connectivity index (χ4v) is 2.57. The van der Waals surface area contributed by atoms with Crippen LogP contribution in [-0.2, 0) is 12.1 Å². The molecule has 5 heteroatoms. The predicted octanol–water partition coefficient (Wildman–Crippen LogP) is 2.14. The maximum atomic E-state index is 9.91. The van der Waals surface area contributed by atoms with Gasteiger partial charge in [0.25, 0.3) is 0 Å². The molecule has 4 nitrogen and oxygen atoms in total. The molecule has 0 aliphatic carbocycles. The molecule has 2 N–H and O–H groups in total. The van der Waals surface area contributed by atoms with Crippen molar-refractivity contribution >= 4 is 15.9 Å². The molecule has 0 saturated heterocycles. The second-order valence-electron chi connectivity index (χ2n) is 4.49. The Morgan fingerprint density at radius 3 is 2.63 bits per heavy atom. The highest BCUT2D eigenvalue weighted by molar-refractivity contribution is 9.10. The number of nitrogens with zero attached hydrogens (tertiary/aromatic N) is 2. The summed E-state index contributed by atoms with van der Waals surface area (Å²) in [6.45, 7) is 3.40. The molecule has 0 spiro atoms. The van der Waals surface area contributed by atoms with Crippen LogP contribution in [-0.4, -0.2) is 28.0 Å². The molecular formula is C14H18BrN3O. The summed E-state index contributed by atoms with van der Waals surface area (Å²) in [7, 11) is 0. The van der Waals surface area contributed by atoms with Gasteiger partial charge in [-0.2, -0.15) is 5.10 Å². The lowest BCUT2D eigenvalue weighted by atomic mass is 9.90. The lowest BCUT2D eigenvalue weighted by Gasteiger charge is -2.33. The third-order valence-electron chi connectivity index (χ3n) is 3.15. The highest BCUT2D eigenvalue weighted by Gasteiger charge is 2.31. The predicted molar refractivity (Wildman–Crippen MR) is 78.8 cm³/mol. The van der Waals surface area contributed by atoms with E-state index in [4.69, 9.17) is 0 Å². The van der Waals surface area contributed by atoms with Crippen LogP contribution >= 0.6 is 15.9 Å². The highest BCUT2D eigenvalue weighted by atomic mass is 79.9. The summed E-state index contributed by atoms with van der Waals surface area (Å²) in [5.41, 5.74) is 0.549. The van der Waals surface area contributed by atoms with E-state index in [1.54, 1.807) is 6.20 Å². The minimum absolute atomic E-state index is 0.0162. The molecule has 0 amide bonds. The van der Waals surface area contributed by atoms with Crippen LogP contribution < -0.4 is 5.32 Å². The fourth-order valence-electron chi connectivity index (χ4n) is 2.24. The number of aliphatic hydroxyl groups excluding tert-OH is 1. The Bertz CT molecular complexity index is 514. The zero-order valence-corrected chi connectivity index (χ0v) is 12.5. The van der Waals surface area contributed by atoms with Gasteiger partial charge in [-0.25, -0.2) is 0 Å². The Kier molecular flexibility index (Phi) is 4.74. The van der Waals surface area contributed by atoms with Gasteiger partial charge in [0.1, 0.15) is 0 Å². The van der Waals surface area contributed by atoms with Crippen molar-refractivity contribution in [2.24, 2.45) is 0 Å². The van der Waals surface area contributed by atoms with Crippen molar-refractivity contribution in [3.05, 3.63) is 52.8 Å². The van der Waals surface area contributed by atoms with Gasteiger partial charge in [-0.15, -0.1) is 0 Å². The summed E-state index contributed by atoms with van der Waals surface area (Å²) in [6, 6.07) is 9.99. The van der Waals surface area contributed by atoms with Crippen LogP contribution in [0.2, 0.25) is 0 Å². The van der Waals surface area contributed by atoms with Crippen molar-refractivity contribution in [1.29, 1.82) is 0 Å². The molecule has 0 fully saturated rings. The normalized spacial score (nSPS) is 14.3. The number of aromatic nitrogens is 2. The minimum atomic E-state index is -0.512. The zero-order valence-electron chi connectivity index (χ0n) is 10.9.